The molecule has 4 heteroatoms. The number of carbonyl (C=O) groups excluding carboxylic acids is 1. The van der Waals surface area contributed by atoms with Crippen LogP contribution < -0.4 is 0 Å². The Morgan fingerprint density at radius 3 is 2.52 bits per heavy atom. The molecule has 1 aliphatic heterocycles. The van der Waals surface area contributed by atoms with E-state index in [1.54, 1.807) is 0 Å². The number of piperidine rings is 1. The maximum absolute atomic E-state index is 12.5. The van der Waals surface area contributed by atoms with Gasteiger partial charge in [-0.15, -0.1) is 12.4 Å². The minimum Gasteiger partial charge on any atom is -0.456 e. The van der Waals surface area contributed by atoms with E-state index in [1.807, 2.05) is 42.5 Å². The number of likely N-dealkylation sites (tertiary alicyclic amines) is 1. The van der Waals surface area contributed by atoms with Gasteiger partial charge in [-0.3, -0.25) is 9.69 Å². The van der Waals surface area contributed by atoms with Crippen LogP contribution in [0.1, 0.15) is 29.6 Å². The van der Waals surface area contributed by atoms with E-state index in [-0.39, 0.29) is 18.2 Å². The molecule has 2 heterocycles. The molecule has 1 aliphatic rings. The van der Waals surface area contributed by atoms with Crippen molar-refractivity contribution < 1.29 is 9.21 Å². The molecule has 0 bridgehead atoms. The van der Waals surface area contributed by atoms with Gasteiger partial charge in [-0.05, 0) is 50.2 Å². The number of hydrogen-bond acceptors (Lipinski definition) is 3. The second-order valence-corrected chi connectivity index (χ2v) is 6.07. The normalized spacial score (nSPS) is 15.7. The predicted molar refractivity (Wildman–Crippen MR) is 95.6 cm³/mol. The van der Waals surface area contributed by atoms with Crippen molar-refractivity contribution in [3.63, 3.8) is 0 Å². The Kier molecular flexibility index (Phi) is 4.69. The lowest BCUT2D eigenvalue weighted by molar-refractivity contribution is 0.0916. The standard InChI is InChI=1S/C19H19NO2.ClH/c21-17(13-20-10-4-1-5-11-20)14-8-9-19-16(12-14)15-6-2-3-7-18(15)22-19;/h2-3,6-9,12H,1,4-5,10-11,13H2;1H. The van der Waals surface area contributed by atoms with E-state index in [1.165, 1.54) is 19.3 Å². The smallest absolute Gasteiger partial charge is 0.176 e. The third-order valence-electron chi connectivity index (χ3n) is 4.51. The average Bonchev–Trinajstić information content (AvgIpc) is 2.93. The number of para-hydroxylation sites is 1. The number of benzene rings is 2. The number of hydrogen-bond donors (Lipinski definition) is 0. The zero-order valence-electron chi connectivity index (χ0n) is 13.0. The van der Waals surface area contributed by atoms with E-state index in [0.29, 0.717) is 6.54 Å². The fourth-order valence-electron chi connectivity index (χ4n) is 3.31. The third kappa shape index (κ3) is 3.12. The molecule has 3 aromatic rings. The average molecular weight is 330 g/mol. The van der Waals surface area contributed by atoms with Crippen LogP contribution >= 0.6 is 12.4 Å². The summed E-state index contributed by atoms with van der Waals surface area (Å²) in [5, 5.41) is 2.10. The van der Waals surface area contributed by atoms with Gasteiger partial charge in [-0.25, -0.2) is 0 Å². The molecule has 3 nitrogen and oxygen atoms in total. The minimum absolute atomic E-state index is 0. The van der Waals surface area contributed by atoms with Crippen molar-refractivity contribution in [1.29, 1.82) is 0 Å². The van der Waals surface area contributed by atoms with E-state index in [2.05, 4.69) is 4.90 Å². The summed E-state index contributed by atoms with van der Waals surface area (Å²) in [6, 6.07) is 13.8. The molecule has 23 heavy (non-hydrogen) atoms. The third-order valence-corrected chi connectivity index (χ3v) is 4.51. The molecule has 1 saturated heterocycles. The molecule has 0 N–H and O–H groups in total. The number of ketones is 1. The number of furan rings is 1. The van der Waals surface area contributed by atoms with Crippen LogP contribution in [0.4, 0.5) is 0 Å². The van der Waals surface area contributed by atoms with Gasteiger partial charge in [0, 0.05) is 16.3 Å². The SMILES string of the molecule is Cl.O=C(CN1CCCCC1)c1ccc2oc3ccccc3c2c1. The van der Waals surface area contributed by atoms with Gasteiger partial charge in [0.25, 0.3) is 0 Å². The summed E-state index contributed by atoms with van der Waals surface area (Å²) < 4.78 is 5.82. The van der Waals surface area contributed by atoms with Crippen molar-refractivity contribution in [2.45, 2.75) is 19.3 Å². The molecule has 4 rings (SSSR count). The van der Waals surface area contributed by atoms with Crippen LogP contribution in [0.15, 0.2) is 46.9 Å². The summed E-state index contributed by atoms with van der Waals surface area (Å²) in [4.78, 5) is 14.8. The highest BCUT2D eigenvalue weighted by Gasteiger charge is 2.16. The molecule has 1 fully saturated rings. The Morgan fingerprint density at radius 2 is 1.70 bits per heavy atom. The summed E-state index contributed by atoms with van der Waals surface area (Å²) in [5.74, 6) is 0.203. The van der Waals surface area contributed by atoms with Crippen LogP contribution in [0.25, 0.3) is 21.9 Å². The molecule has 120 valence electrons. The Labute approximate surface area is 141 Å². The first-order valence-corrected chi connectivity index (χ1v) is 7.98. The fraction of sp³-hybridized carbons (Fsp3) is 0.316. The van der Waals surface area contributed by atoms with Crippen LogP contribution in [-0.4, -0.2) is 30.3 Å². The molecular weight excluding hydrogens is 310 g/mol. The Morgan fingerprint density at radius 1 is 0.957 bits per heavy atom. The molecular formula is C19H20ClNO2. The van der Waals surface area contributed by atoms with Gasteiger partial charge in [-0.2, -0.15) is 0 Å². The molecule has 0 atom stereocenters. The Balaban J connectivity index is 0.00000156. The van der Waals surface area contributed by atoms with Gasteiger partial charge < -0.3 is 4.42 Å². The number of halogens is 1. The largest absolute Gasteiger partial charge is 0.456 e. The number of Topliss-reactive ketones (excluding diaryl/α,β-unsaturated/α-hetero) is 1. The molecule has 1 aromatic heterocycles. The van der Waals surface area contributed by atoms with Gasteiger partial charge in [-0.1, -0.05) is 24.6 Å². The van der Waals surface area contributed by atoms with Crippen LogP contribution in [0.5, 0.6) is 0 Å². The second kappa shape index (κ2) is 6.73. The van der Waals surface area contributed by atoms with Crippen molar-refractivity contribution in [3.8, 4) is 0 Å². The first-order chi connectivity index (χ1) is 10.8. The molecule has 0 unspecified atom stereocenters. The van der Waals surface area contributed by atoms with Crippen molar-refractivity contribution in [3.05, 3.63) is 48.0 Å². The van der Waals surface area contributed by atoms with Crippen molar-refractivity contribution >= 4 is 40.1 Å². The quantitative estimate of drug-likeness (QED) is 0.654. The molecule has 0 spiro atoms. The number of fused-ring (bicyclic) bond motifs is 3. The maximum Gasteiger partial charge on any atom is 0.176 e. The van der Waals surface area contributed by atoms with Gasteiger partial charge in [0.15, 0.2) is 5.78 Å². The van der Waals surface area contributed by atoms with Gasteiger partial charge in [0.05, 0.1) is 6.54 Å². The number of carbonyl (C=O) groups is 1. The Hall–Kier alpha value is -1.84. The summed E-state index contributed by atoms with van der Waals surface area (Å²) in [5.41, 5.74) is 2.50. The van der Waals surface area contributed by atoms with E-state index in [0.717, 1.165) is 40.6 Å². The molecule has 0 saturated carbocycles. The van der Waals surface area contributed by atoms with Gasteiger partial charge in [0.1, 0.15) is 11.2 Å². The van der Waals surface area contributed by atoms with Crippen molar-refractivity contribution in [2.75, 3.05) is 19.6 Å². The van der Waals surface area contributed by atoms with E-state index in [4.69, 9.17) is 4.42 Å². The highest BCUT2D eigenvalue weighted by Crippen LogP contribution is 2.29. The maximum atomic E-state index is 12.5. The van der Waals surface area contributed by atoms with Crippen molar-refractivity contribution in [2.24, 2.45) is 0 Å². The van der Waals surface area contributed by atoms with Crippen LogP contribution in [-0.2, 0) is 0 Å². The van der Waals surface area contributed by atoms with Gasteiger partial charge in [0.2, 0.25) is 0 Å². The van der Waals surface area contributed by atoms with Crippen molar-refractivity contribution in [1.82, 2.24) is 4.90 Å². The lowest BCUT2D eigenvalue weighted by atomic mass is 10.0. The number of nitrogens with zero attached hydrogens (tertiary/aromatic N) is 1. The lowest BCUT2D eigenvalue weighted by Crippen LogP contribution is -2.34. The zero-order valence-corrected chi connectivity index (χ0v) is 13.8. The summed E-state index contributed by atoms with van der Waals surface area (Å²) in [7, 11) is 0. The summed E-state index contributed by atoms with van der Waals surface area (Å²) in [6.07, 6.45) is 3.70. The Bertz CT molecular complexity index is 834. The highest BCUT2D eigenvalue weighted by atomic mass is 35.5. The van der Waals surface area contributed by atoms with E-state index < -0.39 is 0 Å². The van der Waals surface area contributed by atoms with Crippen LogP contribution in [0.2, 0.25) is 0 Å². The molecule has 2 aromatic carbocycles. The zero-order chi connectivity index (χ0) is 14.9. The predicted octanol–water partition coefficient (Wildman–Crippen LogP) is 4.68. The lowest BCUT2D eigenvalue weighted by Gasteiger charge is -2.25. The number of rotatable bonds is 3. The van der Waals surface area contributed by atoms with E-state index >= 15 is 0 Å². The summed E-state index contributed by atoms with van der Waals surface area (Å²) >= 11 is 0. The fourth-order valence-corrected chi connectivity index (χ4v) is 3.31. The van der Waals surface area contributed by atoms with Gasteiger partial charge >= 0.3 is 0 Å². The first kappa shape index (κ1) is 16.0. The second-order valence-electron chi connectivity index (χ2n) is 6.07. The monoisotopic (exact) mass is 329 g/mol. The molecule has 0 amide bonds. The minimum atomic E-state index is 0. The van der Waals surface area contributed by atoms with E-state index in [9.17, 15) is 4.79 Å². The van der Waals surface area contributed by atoms with Crippen LogP contribution in [0.3, 0.4) is 0 Å². The summed E-state index contributed by atoms with van der Waals surface area (Å²) in [6.45, 7) is 2.62. The molecule has 0 radical (unpaired) electrons. The molecule has 0 aliphatic carbocycles. The first-order valence-electron chi connectivity index (χ1n) is 7.98. The van der Waals surface area contributed by atoms with Crippen LogP contribution in [0, 0.1) is 0 Å². The topological polar surface area (TPSA) is 33.5 Å². The highest BCUT2D eigenvalue weighted by molar-refractivity contribution is 6.08.